The van der Waals surface area contributed by atoms with Crippen molar-refractivity contribution in [2.45, 2.75) is 125 Å². The maximum Gasteiger partial charge on any atom is 0.141 e. The first-order chi connectivity index (χ1) is 12.2. The second-order valence-electron chi connectivity index (χ2n) is 12.3. The fourth-order valence-corrected chi connectivity index (χ4v) is 3.57. The number of hydrogen-bond acceptors (Lipinski definition) is 4. The van der Waals surface area contributed by atoms with E-state index in [1.807, 2.05) is 27.7 Å². The van der Waals surface area contributed by atoms with Gasteiger partial charge >= 0.3 is 0 Å². The van der Waals surface area contributed by atoms with Gasteiger partial charge in [0.25, 0.3) is 0 Å². The predicted molar refractivity (Wildman–Crippen MR) is 120 cm³/mol. The van der Waals surface area contributed by atoms with Crippen molar-refractivity contribution in [3.63, 3.8) is 0 Å². The lowest BCUT2D eigenvalue weighted by molar-refractivity contribution is -0.179. The molecule has 0 aromatic heterocycles. The zero-order valence-corrected chi connectivity index (χ0v) is 21.1. The van der Waals surface area contributed by atoms with E-state index in [0.717, 1.165) is 13.0 Å². The average Bonchev–Trinajstić information content (AvgIpc) is 2.40. The highest BCUT2D eigenvalue weighted by Crippen LogP contribution is 2.31. The topological polar surface area (TPSA) is 47.6 Å². The van der Waals surface area contributed by atoms with Crippen LogP contribution in [0.4, 0.5) is 0 Å². The van der Waals surface area contributed by atoms with E-state index < -0.39 is 11.2 Å². The summed E-state index contributed by atoms with van der Waals surface area (Å²) in [6.45, 7) is 28.4. The predicted octanol–water partition coefficient (Wildman–Crippen LogP) is 5.78. The summed E-state index contributed by atoms with van der Waals surface area (Å²) in [6.07, 6.45) is 1.63. The highest BCUT2D eigenvalue weighted by Gasteiger charge is 2.36. The number of hydrogen-bond donors (Lipinski definition) is 1. The third-order valence-corrected chi connectivity index (χ3v) is 4.73. The van der Waals surface area contributed by atoms with E-state index in [1.54, 1.807) is 0 Å². The zero-order valence-electron chi connectivity index (χ0n) is 21.1. The summed E-state index contributed by atoms with van der Waals surface area (Å²) in [5, 5.41) is 3.51. The third kappa shape index (κ3) is 12.2. The molecule has 0 aromatic carbocycles. The number of rotatable bonds is 11. The Morgan fingerprint density at radius 2 is 1.32 bits per heavy atom. The smallest absolute Gasteiger partial charge is 0.141 e. The molecule has 28 heavy (non-hydrogen) atoms. The summed E-state index contributed by atoms with van der Waals surface area (Å²) >= 11 is 0. The summed E-state index contributed by atoms with van der Waals surface area (Å²) in [7, 11) is 0. The van der Waals surface area contributed by atoms with Crippen molar-refractivity contribution in [3.05, 3.63) is 0 Å². The molecule has 1 atom stereocenters. The molecule has 4 nitrogen and oxygen atoms in total. The highest BCUT2D eigenvalue weighted by molar-refractivity contribution is 5.85. The normalized spacial score (nSPS) is 15.6. The first-order valence-electron chi connectivity index (χ1n) is 10.8. The summed E-state index contributed by atoms with van der Waals surface area (Å²) in [4.78, 5) is 12.5. The first-order valence-corrected chi connectivity index (χ1v) is 10.8. The van der Waals surface area contributed by atoms with Gasteiger partial charge in [-0.3, -0.25) is 4.79 Å². The van der Waals surface area contributed by atoms with Crippen LogP contribution in [-0.2, 0) is 14.3 Å². The molecule has 168 valence electrons. The summed E-state index contributed by atoms with van der Waals surface area (Å²) < 4.78 is 12.6. The minimum Gasteiger partial charge on any atom is -0.373 e. The number of carbonyl (C=O) groups excluding carboxylic acids is 1. The van der Waals surface area contributed by atoms with Crippen molar-refractivity contribution in [3.8, 4) is 0 Å². The molecule has 0 fully saturated rings. The molecule has 0 bridgehead atoms. The van der Waals surface area contributed by atoms with Gasteiger partial charge in [0.15, 0.2) is 0 Å². The first kappa shape index (κ1) is 27.5. The molecule has 0 saturated carbocycles. The SMILES string of the molecule is CC(CC(C)(C)OC(C)(C)COC(C)(C)CCNC(C)(C)C)C(=O)C(C)(C)C. The molecule has 0 spiro atoms. The van der Waals surface area contributed by atoms with Crippen LogP contribution in [0.15, 0.2) is 0 Å². The molecule has 0 aromatic rings. The molecule has 0 aliphatic carbocycles. The van der Waals surface area contributed by atoms with E-state index in [0.29, 0.717) is 13.0 Å². The van der Waals surface area contributed by atoms with Gasteiger partial charge in [0.05, 0.1) is 23.4 Å². The zero-order chi connectivity index (χ0) is 22.6. The molecular weight excluding hydrogens is 350 g/mol. The fraction of sp³-hybridized carbons (Fsp3) is 0.958. The van der Waals surface area contributed by atoms with Crippen molar-refractivity contribution in [2.24, 2.45) is 11.3 Å². The van der Waals surface area contributed by atoms with Gasteiger partial charge in [-0.1, -0.05) is 27.7 Å². The number of ether oxygens (including phenoxy) is 2. The van der Waals surface area contributed by atoms with E-state index in [1.165, 1.54) is 0 Å². The number of nitrogens with one attached hydrogen (secondary N) is 1. The van der Waals surface area contributed by atoms with Crippen molar-refractivity contribution < 1.29 is 14.3 Å². The Kier molecular flexibility index (Phi) is 9.42. The molecule has 0 saturated heterocycles. The van der Waals surface area contributed by atoms with E-state index in [-0.39, 0.29) is 28.3 Å². The molecule has 4 heteroatoms. The van der Waals surface area contributed by atoms with Crippen LogP contribution in [-0.4, -0.2) is 41.3 Å². The highest BCUT2D eigenvalue weighted by atomic mass is 16.6. The molecule has 1 N–H and O–H groups in total. The number of ketones is 1. The molecule has 0 rings (SSSR count). The van der Waals surface area contributed by atoms with E-state index in [4.69, 9.17) is 9.47 Å². The van der Waals surface area contributed by atoms with Crippen molar-refractivity contribution in [2.75, 3.05) is 13.2 Å². The lowest BCUT2D eigenvalue weighted by Crippen LogP contribution is -2.45. The van der Waals surface area contributed by atoms with Crippen molar-refractivity contribution >= 4 is 5.78 Å². The maximum atomic E-state index is 12.5. The Hall–Kier alpha value is -0.450. The van der Waals surface area contributed by atoms with Crippen molar-refractivity contribution in [1.29, 1.82) is 0 Å². The number of Topliss-reactive ketones (excluding diaryl/α,β-unsaturated/α-hetero) is 1. The van der Waals surface area contributed by atoms with Crippen LogP contribution in [0.1, 0.15) is 103 Å². The molecule has 0 aliphatic rings. The lowest BCUT2D eigenvalue weighted by Gasteiger charge is -2.39. The van der Waals surface area contributed by atoms with Gasteiger partial charge in [-0.2, -0.15) is 0 Å². The van der Waals surface area contributed by atoms with Gasteiger partial charge < -0.3 is 14.8 Å². The largest absolute Gasteiger partial charge is 0.373 e. The molecular formula is C24H49NO3. The van der Waals surface area contributed by atoms with Crippen LogP contribution >= 0.6 is 0 Å². The monoisotopic (exact) mass is 399 g/mol. The van der Waals surface area contributed by atoms with Gasteiger partial charge in [-0.15, -0.1) is 0 Å². The molecule has 0 heterocycles. The summed E-state index contributed by atoms with van der Waals surface area (Å²) in [5.41, 5.74) is -1.25. The van der Waals surface area contributed by atoms with Gasteiger partial charge in [0, 0.05) is 16.9 Å². The Morgan fingerprint density at radius 3 is 1.75 bits per heavy atom. The van der Waals surface area contributed by atoms with E-state index in [2.05, 4.69) is 67.6 Å². The second kappa shape index (κ2) is 9.57. The minimum absolute atomic E-state index is 0.0355. The van der Waals surface area contributed by atoms with Gasteiger partial charge in [0.1, 0.15) is 5.78 Å². The third-order valence-electron chi connectivity index (χ3n) is 4.73. The Labute approximate surface area is 175 Å². The van der Waals surface area contributed by atoms with Crippen LogP contribution in [0.2, 0.25) is 0 Å². The lowest BCUT2D eigenvalue weighted by atomic mass is 9.79. The van der Waals surface area contributed by atoms with Gasteiger partial charge in [-0.25, -0.2) is 0 Å². The molecule has 0 aliphatic heterocycles. The van der Waals surface area contributed by atoms with Crippen LogP contribution in [0.25, 0.3) is 0 Å². The quantitative estimate of drug-likeness (QED) is 0.479. The van der Waals surface area contributed by atoms with Crippen LogP contribution < -0.4 is 5.32 Å². The minimum atomic E-state index is -0.428. The van der Waals surface area contributed by atoms with Crippen LogP contribution in [0.3, 0.4) is 0 Å². The molecule has 0 radical (unpaired) electrons. The van der Waals surface area contributed by atoms with Gasteiger partial charge in [0.2, 0.25) is 0 Å². The van der Waals surface area contributed by atoms with E-state index >= 15 is 0 Å². The standard InChI is InChI=1S/C24H49NO3/c1-18(19(26)20(2,3)4)16-23(10,11)28-24(12,13)17-27-22(8,9)14-15-25-21(5,6)7/h18,25H,14-17H2,1-13H3. The molecule has 0 amide bonds. The maximum absolute atomic E-state index is 12.5. The summed E-state index contributed by atoms with van der Waals surface area (Å²) in [6, 6.07) is 0. The van der Waals surface area contributed by atoms with Crippen LogP contribution in [0.5, 0.6) is 0 Å². The molecule has 1 unspecified atom stereocenters. The Bertz CT molecular complexity index is 493. The number of carbonyl (C=O) groups is 1. The van der Waals surface area contributed by atoms with E-state index in [9.17, 15) is 4.79 Å². The van der Waals surface area contributed by atoms with Gasteiger partial charge in [-0.05, 0) is 81.7 Å². The average molecular weight is 400 g/mol. The van der Waals surface area contributed by atoms with Crippen LogP contribution in [0, 0.1) is 11.3 Å². The van der Waals surface area contributed by atoms with Crippen molar-refractivity contribution in [1.82, 2.24) is 5.32 Å². The Morgan fingerprint density at radius 1 is 0.821 bits per heavy atom. The summed E-state index contributed by atoms with van der Waals surface area (Å²) in [5.74, 6) is 0.248. The Balaban J connectivity index is 4.70. The fourth-order valence-electron chi connectivity index (χ4n) is 3.57. The second-order valence-corrected chi connectivity index (χ2v) is 12.3.